The van der Waals surface area contributed by atoms with Gasteiger partial charge in [-0.05, 0) is 24.1 Å². The number of aromatic nitrogens is 2. The van der Waals surface area contributed by atoms with Crippen LogP contribution in [0.2, 0.25) is 0 Å². The van der Waals surface area contributed by atoms with Crippen molar-refractivity contribution < 1.29 is 13.7 Å². The first-order valence-corrected chi connectivity index (χ1v) is 7.30. The Bertz CT molecular complexity index is 653. The number of aryl methyl sites for hydroxylation is 2. The van der Waals surface area contributed by atoms with E-state index in [4.69, 9.17) is 4.52 Å². The summed E-state index contributed by atoms with van der Waals surface area (Å²) in [6.07, 6.45) is 0.688. The smallest absolute Gasteiger partial charge is 0.227 e. The third-order valence-corrected chi connectivity index (χ3v) is 3.28. The molecule has 0 unspecified atom stereocenters. The molecule has 0 aliphatic rings. The van der Waals surface area contributed by atoms with Crippen molar-refractivity contribution in [3.8, 4) is 0 Å². The predicted octanol–water partition coefficient (Wildman–Crippen LogP) is 2.89. The molecule has 2 aromatic rings. The van der Waals surface area contributed by atoms with Crippen LogP contribution < -0.4 is 5.32 Å². The van der Waals surface area contributed by atoms with Gasteiger partial charge in [0.15, 0.2) is 5.82 Å². The third kappa shape index (κ3) is 4.38. The van der Waals surface area contributed by atoms with Gasteiger partial charge in [-0.3, -0.25) is 4.79 Å². The molecule has 118 valence electrons. The number of halogens is 1. The molecule has 1 heterocycles. The molecule has 5 nitrogen and oxygen atoms in total. The average molecular weight is 305 g/mol. The summed E-state index contributed by atoms with van der Waals surface area (Å²) in [5.41, 5.74) is 1.44. The SMILES string of the molecule is Cc1cc(CNC(=O)CCc2nc(C(C)C)no2)ccc1F. The highest BCUT2D eigenvalue weighted by Gasteiger charge is 2.11. The highest BCUT2D eigenvalue weighted by molar-refractivity contribution is 5.76. The molecular formula is C16H20FN3O2. The largest absolute Gasteiger partial charge is 0.352 e. The monoisotopic (exact) mass is 305 g/mol. The molecule has 1 aromatic carbocycles. The first-order valence-electron chi connectivity index (χ1n) is 7.30. The van der Waals surface area contributed by atoms with Gasteiger partial charge in [0.05, 0.1) is 0 Å². The van der Waals surface area contributed by atoms with Crippen molar-refractivity contribution in [1.82, 2.24) is 15.5 Å². The zero-order chi connectivity index (χ0) is 16.1. The van der Waals surface area contributed by atoms with Crippen LogP contribution in [-0.2, 0) is 17.8 Å². The van der Waals surface area contributed by atoms with Crippen molar-refractivity contribution >= 4 is 5.91 Å². The minimum absolute atomic E-state index is 0.105. The number of carbonyl (C=O) groups is 1. The fourth-order valence-corrected chi connectivity index (χ4v) is 1.93. The summed E-state index contributed by atoms with van der Waals surface area (Å²) in [4.78, 5) is 16.0. The van der Waals surface area contributed by atoms with Crippen molar-refractivity contribution in [2.45, 2.75) is 46.1 Å². The Labute approximate surface area is 128 Å². The van der Waals surface area contributed by atoms with Gasteiger partial charge in [0.2, 0.25) is 11.8 Å². The van der Waals surface area contributed by atoms with E-state index in [0.29, 0.717) is 30.2 Å². The lowest BCUT2D eigenvalue weighted by atomic mass is 10.1. The van der Waals surface area contributed by atoms with E-state index < -0.39 is 0 Å². The molecule has 0 spiro atoms. The molecule has 2 rings (SSSR count). The molecule has 0 saturated heterocycles. The van der Waals surface area contributed by atoms with Crippen LogP contribution in [0.1, 0.15) is 49.0 Å². The van der Waals surface area contributed by atoms with Gasteiger partial charge in [-0.15, -0.1) is 0 Å². The zero-order valence-electron chi connectivity index (χ0n) is 13.0. The Kier molecular flexibility index (Phi) is 5.25. The Balaban J connectivity index is 1.78. The van der Waals surface area contributed by atoms with Crippen molar-refractivity contribution in [3.63, 3.8) is 0 Å². The summed E-state index contributed by atoms with van der Waals surface area (Å²) < 4.78 is 18.2. The summed E-state index contributed by atoms with van der Waals surface area (Å²) in [6.45, 7) is 6.03. The number of hydrogen-bond donors (Lipinski definition) is 1. The molecule has 0 saturated carbocycles. The Hall–Kier alpha value is -2.24. The van der Waals surface area contributed by atoms with Crippen LogP contribution in [-0.4, -0.2) is 16.0 Å². The van der Waals surface area contributed by atoms with Crippen molar-refractivity contribution in [1.29, 1.82) is 0 Å². The highest BCUT2D eigenvalue weighted by atomic mass is 19.1. The second-order valence-electron chi connectivity index (χ2n) is 5.56. The van der Waals surface area contributed by atoms with E-state index in [0.717, 1.165) is 5.56 Å². The molecule has 0 fully saturated rings. The predicted molar refractivity (Wildman–Crippen MR) is 79.7 cm³/mol. The summed E-state index contributed by atoms with van der Waals surface area (Å²) in [6, 6.07) is 4.79. The minimum Gasteiger partial charge on any atom is -0.352 e. The molecular weight excluding hydrogens is 285 g/mol. The number of benzene rings is 1. The lowest BCUT2D eigenvalue weighted by Crippen LogP contribution is -2.23. The van der Waals surface area contributed by atoms with Crippen molar-refractivity contribution in [2.75, 3.05) is 0 Å². The topological polar surface area (TPSA) is 68.0 Å². The zero-order valence-corrected chi connectivity index (χ0v) is 13.0. The number of hydrogen-bond acceptors (Lipinski definition) is 4. The van der Waals surface area contributed by atoms with E-state index in [2.05, 4.69) is 15.5 Å². The molecule has 1 amide bonds. The fourth-order valence-electron chi connectivity index (χ4n) is 1.93. The van der Waals surface area contributed by atoms with Crippen LogP contribution >= 0.6 is 0 Å². The molecule has 0 radical (unpaired) electrons. The summed E-state index contributed by atoms with van der Waals surface area (Å²) >= 11 is 0. The maximum absolute atomic E-state index is 13.2. The number of nitrogens with one attached hydrogen (secondary N) is 1. The Morgan fingerprint density at radius 1 is 1.41 bits per heavy atom. The fraction of sp³-hybridized carbons (Fsp3) is 0.438. The van der Waals surface area contributed by atoms with Gasteiger partial charge in [0, 0.05) is 25.3 Å². The quantitative estimate of drug-likeness (QED) is 0.891. The number of amides is 1. The highest BCUT2D eigenvalue weighted by Crippen LogP contribution is 2.11. The van der Waals surface area contributed by atoms with Gasteiger partial charge >= 0.3 is 0 Å². The molecule has 0 aliphatic carbocycles. The van der Waals surface area contributed by atoms with Gasteiger partial charge in [0.25, 0.3) is 0 Å². The lowest BCUT2D eigenvalue weighted by molar-refractivity contribution is -0.121. The molecule has 0 aliphatic heterocycles. The maximum Gasteiger partial charge on any atom is 0.227 e. The van der Waals surface area contributed by atoms with Gasteiger partial charge in [-0.2, -0.15) is 4.98 Å². The van der Waals surface area contributed by atoms with Crippen molar-refractivity contribution in [2.24, 2.45) is 0 Å². The molecule has 1 N–H and O–H groups in total. The van der Waals surface area contributed by atoms with Crippen LogP contribution in [0.4, 0.5) is 4.39 Å². The lowest BCUT2D eigenvalue weighted by Gasteiger charge is -2.06. The molecule has 6 heteroatoms. The molecule has 0 bridgehead atoms. The van der Waals surface area contributed by atoms with Gasteiger partial charge in [-0.1, -0.05) is 31.1 Å². The normalized spacial score (nSPS) is 11.0. The van der Waals surface area contributed by atoms with E-state index in [1.165, 1.54) is 6.07 Å². The van der Waals surface area contributed by atoms with E-state index >= 15 is 0 Å². The van der Waals surface area contributed by atoms with Crippen LogP contribution in [0.15, 0.2) is 22.7 Å². The second-order valence-corrected chi connectivity index (χ2v) is 5.56. The molecule has 1 aromatic heterocycles. The number of nitrogens with zero attached hydrogens (tertiary/aromatic N) is 2. The number of carbonyl (C=O) groups excluding carboxylic acids is 1. The Morgan fingerprint density at radius 2 is 2.18 bits per heavy atom. The standard InChI is InChI=1S/C16H20FN3O2/c1-10(2)16-19-15(22-20-16)7-6-14(21)18-9-12-4-5-13(17)11(3)8-12/h4-5,8,10H,6-7,9H2,1-3H3,(H,18,21). The maximum atomic E-state index is 13.2. The Morgan fingerprint density at radius 3 is 2.82 bits per heavy atom. The van der Waals surface area contributed by atoms with E-state index in [-0.39, 0.29) is 24.1 Å². The van der Waals surface area contributed by atoms with Crippen LogP contribution in [0.5, 0.6) is 0 Å². The molecule has 22 heavy (non-hydrogen) atoms. The number of rotatable bonds is 6. The second kappa shape index (κ2) is 7.15. The van der Waals surface area contributed by atoms with E-state index in [9.17, 15) is 9.18 Å². The van der Waals surface area contributed by atoms with Gasteiger partial charge < -0.3 is 9.84 Å². The van der Waals surface area contributed by atoms with Gasteiger partial charge in [0.1, 0.15) is 5.82 Å². The summed E-state index contributed by atoms with van der Waals surface area (Å²) in [7, 11) is 0. The third-order valence-electron chi connectivity index (χ3n) is 3.28. The summed E-state index contributed by atoms with van der Waals surface area (Å²) in [5, 5.41) is 6.65. The minimum atomic E-state index is -0.243. The van der Waals surface area contributed by atoms with E-state index in [1.54, 1.807) is 19.1 Å². The van der Waals surface area contributed by atoms with Crippen LogP contribution in [0, 0.1) is 12.7 Å². The van der Waals surface area contributed by atoms with Crippen molar-refractivity contribution in [3.05, 3.63) is 46.9 Å². The van der Waals surface area contributed by atoms with E-state index in [1.807, 2.05) is 13.8 Å². The average Bonchev–Trinajstić information content (AvgIpc) is 2.95. The van der Waals surface area contributed by atoms with Crippen LogP contribution in [0.25, 0.3) is 0 Å². The first kappa shape index (κ1) is 16.1. The first-order chi connectivity index (χ1) is 10.5. The van der Waals surface area contributed by atoms with Crippen LogP contribution in [0.3, 0.4) is 0 Å². The molecule has 0 atom stereocenters. The summed E-state index contributed by atoms with van der Waals surface area (Å²) in [5.74, 6) is 0.973. The van der Waals surface area contributed by atoms with Gasteiger partial charge in [-0.25, -0.2) is 4.39 Å².